The van der Waals surface area contributed by atoms with Crippen molar-refractivity contribution < 1.29 is 4.79 Å². The van der Waals surface area contributed by atoms with Crippen LogP contribution in [0, 0.1) is 5.92 Å². The van der Waals surface area contributed by atoms with Crippen molar-refractivity contribution in [3.63, 3.8) is 0 Å². The Kier molecular flexibility index (Phi) is 3.00. The second-order valence-corrected chi connectivity index (χ2v) is 4.36. The van der Waals surface area contributed by atoms with E-state index in [1.807, 2.05) is 16.7 Å². The SMILES string of the molecule is CCNC(=O)C1CNN(n2cnc3ncncc32)C1. The molecule has 2 aromatic rings. The summed E-state index contributed by atoms with van der Waals surface area (Å²) in [6.07, 6.45) is 4.84. The molecule has 3 rings (SSSR count). The zero-order valence-corrected chi connectivity index (χ0v) is 10.6. The summed E-state index contributed by atoms with van der Waals surface area (Å²) in [6, 6.07) is 0. The smallest absolute Gasteiger partial charge is 0.226 e. The topological polar surface area (TPSA) is 88.0 Å². The molecule has 3 heterocycles. The maximum atomic E-state index is 11.8. The van der Waals surface area contributed by atoms with Crippen LogP contribution in [0.5, 0.6) is 0 Å². The lowest BCUT2D eigenvalue weighted by Crippen LogP contribution is -2.40. The van der Waals surface area contributed by atoms with E-state index in [0.29, 0.717) is 25.3 Å². The number of amides is 1. The first-order valence-electron chi connectivity index (χ1n) is 6.21. The Morgan fingerprint density at radius 1 is 1.58 bits per heavy atom. The lowest BCUT2D eigenvalue weighted by atomic mass is 10.1. The molecule has 2 aromatic heterocycles. The van der Waals surface area contributed by atoms with Gasteiger partial charge in [-0.1, -0.05) is 0 Å². The van der Waals surface area contributed by atoms with E-state index in [4.69, 9.17) is 0 Å². The van der Waals surface area contributed by atoms with Gasteiger partial charge in [0.2, 0.25) is 5.91 Å². The lowest BCUT2D eigenvalue weighted by molar-refractivity contribution is -0.123. The Balaban J connectivity index is 1.79. The van der Waals surface area contributed by atoms with Crippen LogP contribution in [0.2, 0.25) is 0 Å². The van der Waals surface area contributed by atoms with E-state index in [2.05, 4.69) is 25.7 Å². The summed E-state index contributed by atoms with van der Waals surface area (Å²) in [5.74, 6) is 0.000187. The summed E-state index contributed by atoms with van der Waals surface area (Å²) < 4.78 is 1.83. The van der Waals surface area contributed by atoms with Gasteiger partial charge < -0.3 is 5.32 Å². The van der Waals surface area contributed by atoms with E-state index in [-0.39, 0.29) is 11.8 Å². The quantitative estimate of drug-likeness (QED) is 0.739. The first kappa shape index (κ1) is 11.8. The standard InChI is InChI=1S/C11H15N7O/c1-2-13-11(19)8-3-16-18(5-8)17-7-15-10-9(17)4-12-6-14-10/h4,6-8,16H,2-3,5H2,1H3,(H,13,19). The van der Waals surface area contributed by atoms with E-state index in [1.54, 1.807) is 12.5 Å². The van der Waals surface area contributed by atoms with Crippen molar-refractivity contribution in [1.29, 1.82) is 0 Å². The summed E-state index contributed by atoms with van der Waals surface area (Å²) in [7, 11) is 0. The minimum atomic E-state index is -0.0676. The van der Waals surface area contributed by atoms with E-state index in [1.165, 1.54) is 6.33 Å². The molecule has 0 radical (unpaired) electrons. The normalized spacial score (nSPS) is 19.0. The van der Waals surface area contributed by atoms with Gasteiger partial charge in [-0.05, 0) is 6.92 Å². The van der Waals surface area contributed by atoms with Gasteiger partial charge in [0.25, 0.3) is 0 Å². The molecule has 8 heteroatoms. The Morgan fingerprint density at radius 3 is 3.32 bits per heavy atom. The summed E-state index contributed by atoms with van der Waals surface area (Å²) in [5.41, 5.74) is 4.63. The number of rotatable bonds is 3. The minimum absolute atomic E-state index is 0.0676. The molecule has 0 aliphatic carbocycles. The van der Waals surface area contributed by atoms with Crippen LogP contribution in [0.25, 0.3) is 11.2 Å². The van der Waals surface area contributed by atoms with Crippen molar-refractivity contribution >= 4 is 17.1 Å². The zero-order valence-electron chi connectivity index (χ0n) is 10.6. The number of imidazole rings is 1. The second-order valence-electron chi connectivity index (χ2n) is 4.36. The highest BCUT2D eigenvalue weighted by Gasteiger charge is 2.28. The third kappa shape index (κ3) is 2.10. The third-order valence-electron chi connectivity index (χ3n) is 3.10. The second kappa shape index (κ2) is 4.81. The van der Waals surface area contributed by atoms with Gasteiger partial charge in [0.05, 0.1) is 18.7 Å². The maximum absolute atomic E-state index is 11.8. The molecule has 0 bridgehead atoms. The van der Waals surface area contributed by atoms with Crippen LogP contribution in [-0.2, 0) is 4.79 Å². The molecular formula is C11H15N7O. The van der Waals surface area contributed by atoms with Crippen molar-refractivity contribution in [2.45, 2.75) is 6.92 Å². The summed E-state index contributed by atoms with van der Waals surface area (Å²) in [5, 5.41) is 4.70. The van der Waals surface area contributed by atoms with Crippen LogP contribution in [0.1, 0.15) is 6.92 Å². The number of hydrogen-bond acceptors (Lipinski definition) is 6. The molecule has 100 valence electrons. The number of carbonyl (C=O) groups excluding carboxylic acids is 1. The predicted molar refractivity (Wildman–Crippen MR) is 68.6 cm³/mol. The largest absolute Gasteiger partial charge is 0.356 e. The Labute approximate surface area is 109 Å². The molecule has 0 aromatic carbocycles. The van der Waals surface area contributed by atoms with Crippen molar-refractivity contribution in [2.75, 3.05) is 24.8 Å². The van der Waals surface area contributed by atoms with Gasteiger partial charge in [-0.15, -0.1) is 0 Å². The highest BCUT2D eigenvalue weighted by molar-refractivity contribution is 5.79. The minimum Gasteiger partial charge on any atom is -0.356 e. The van der Waals surface area contributed by atoms with E-state index >= 15 is 0 Å². The first-order valence-corrected chi connectivity index (χ1v) is 6.21. The molecule has 1 aliphatic heterocycles. The number of carbonyl (C=O) groups is 1. The number of aromatic nitrogens is 4. The first-order chi connectivity index (χ1) is 9.29. The maximum Gasteiger partial charge on any atom is 0.226 e. The van der Waals surface area contributed by atoms with Crippen LogP contribution in [0.4, 0.5) is 0 Å². The number of fused-ring (bicyclic) bond motifs is 1. The average molecular weight is 261 g/mol. The van der Waals surface area contributed by atoms with E-state index < -0.39 is 0 Å². The molecule has 19 heavy (non-hydrogen) atoms. The van der Waals surface area contributed by atoms with Crippen LogP contribution < -0.4 is 15.9 Å². The van der Waals surface area contributed by atoms with Gasteiger partial charge in [0.1, 0.15) is 18.2 Å². The molecule has 1 amide bonds. The van der Waals surface area contributed by atoms with Gasteiger partial charge in [-0.2, -0.15) is 0 Å². The van der Waals surface area contributed by atoms with Crippen molar-refractivity contribution in [3.05, 3.63) is 18.9 Å². The van der Waals surface area contributed by atoms with Crippen LogP contribution >= 0.6 is 0 Å². The third-order valence-corrected chi connectivity index (χ3v) is 3.10. The highest BCUT2D eigenvalue weighted by Crippen LogP contribution is 2.12. The molecule has 1 aliphatic rings. The Hall–Kier alpha value is -2.22. The fourth-order valence-corrected chi connectivity index (χ4v) is 2.15. The molecule has 1 unspecified atom stereocenters. The van der Waals surface area contributed by atoms with Crippen molar-refractivity contribution in [2.24, 2.45) is 5.92 Å². The molecule has 1 fully saturated rings. The van der Waals surface area contributed by atoms with E-state index in [9.17, 15) is 4.79 Å². The van der Waals surface area contributed by atoms with Crippen molar-refractivity contribution in [3.8, 4) is 0 Å². The van der Waals surface area contributed by atoms with Crippen LogP contribution in [0.3, 0.4) is 0 Å². The molecule has 8 nitrogen and oxygen atoms in total. The monoisotopic (exact) mass is 261 g/mol. The summed E-state index contributed by atoms with van der Waals surface area (Å²) in [6.45, 7) is 3.77. The fourth-order valence-electron chi connectivity index (χ4n) is 2.15. The zero-order chi connectivity index (χ0) is 13.2. The van der Waals surface area contributed by atoms with Gasteiger partial charge in [0.15, 0.2) is 5.65 Å². The molecular weight excluding hydrogens is 246 g/mol. The molecule has 0 saturated carbocycles. The van der Waals surface area contributed by atoms with Gasteiger partial charge in [0, 0.05) is 13.1 Å². The Bertz CT molecular complexity index is 595. The van der Waals surface area contributed by atoms with Gasteiger partial charge in [-0.25, -0.2) is 30.2 Å². The fraction of sp³-hybridized carbons (Fsp3) is 0.455. The molecule has 1 saturated heterocycles. The summed E-state index contributed by atoms with van der Waals surface area (Å²) in [4.78, 5) is 24.1. The molecule has 2 N–H and O–H groups in total. The highest BCUT2D eigenvalue weighted by atomic mass is 16.2. The number of nitrogens with zero attached hydrogens (tertiary/aromatic N) is 5. The van der Waals surface area contributed by atoms with Gasteiger partial charge >= 0.3 is 0 Å². The van der Waals surface area contributed by atoms with E-state index in [0.717, 1.165) is 5.52 Å². The number of nitrogens with one attached hydrogen (secondary N) is 2. The number of hydrazine groups is 1. The van der Waals surface area contributed by atoms with Crippen LogP contribution in [0.15, 0.2) is 18.9 Å². The van der Waals surface area contributed by atoms with Crippen molar-refractivity contribution in [1.82, 2.24) is 30.4 Å². The van der Waals surface area contributed by atoms with Crippen LogP contribution in [-0.4, -0.2) is 45.2 Å². The predicted octanol–water partition coefficient (Wildman–Crippen LogP) is -0.965. The average Bonchev–Trinajstić information content (AvgIpc) is 3.05. The number of hydrogen-bond donors (Lipinski definition) is 2. The van der Waals surface area contributed by atoms with Gasteiger partial charge in [-0.3, -0.25) is 4.79 Å². The Morgan fingerprint density at radius 2 is 2.47 bits per heavy atom. The lowest BCUT2D eigenvalue weighted by Gasteiger charge is -2.19. The summed E-state index contributed by atoms with van der Waals surface area (Å²) >= 11 is 0. The molecule has 1 atom stereocenters. The molecule has 0 spiro atoms.